The van der Waals surface area contributed by atoms with Crippen LogP contribution in [-0.2, 0) is 7.05 Å². The SMILES string of the molecule is Cn1cc(C(Nc2nccs2)c2c[nH]c3ccc(F)cc23)cn1. The summed E-state index contributed by atoms with van der Waals surface area (Å²) < 4.78 is 15.4. The lowest BCUT2D eigenvalue weighted by Gasteiger charge is -2.16. The zero-order chi connectivity index (χ0) is 15.8. The van der Waals surface area contributed by atoms with Crippen LogP contribution in [0.1, 0.15) is 17.2 Å². The predicted octanol–water partition coefficient (Wildman–Crippen LogP) is 3.70. The highest BCUT2D eigenvalue weighted by Gasteiger charge is 2.20. The monoisotopic (exact) mass is 327 g/mol. The molecule has 0 radical (unpaired) electrons. The van der Waals surface area contributed by atoms with E-state index in [1.165, 1.54) is 17.4 Å². The topological polar surface area (TPSA) is 58.5 Å². The molecule has 1 unspecified atom stereocenters. The van der Waals surface area contributed by atoms with Crippen LogP contribution in [0.2, 0.25) is 0 Å². The van der Waals surface area contributed by atoms with E-state index in [2.05, 4.69) is 20.4 Å². The maximum absolute atomic E-state index is 13.7. The van der Waals surface area contributed by atoms with Gasteiger partial charge in [-0.05, 0) is 18.2 Å². The van der Waals surface area contributed by atoms with Gasteiger partial charge in [0.2, 0.25) is 0 Å². The van der Waals surface area contributed by atoms with Crippen LogP contribution < -0.4 is 5.32 Å². The Kier molecular flexibility index (Phi) is 3.34. The minimum Gasteiger partial charge on any atom is -0.361 e. The van der Waals surface area contributed by atoms with E-state index in [0.29, 0.717) is 0 Å². The van der Waals surface area contributed by atoms with Crippen LogP contribution in [0.3, 0.4) is 0 Å². The number of nitrogens with one attached hydrogen (secondary N) is 2. The van der Waals surface area contributed by atoms with Crippen LogP contribution in [0.15, 0.2) is 48.4 Å². The first-order valence-corrected chi connectivity index (χ1v) is 8.00. The standard InChI is InChI=1S/C16H14FN5S/c1-22-9-10(7-20-22)15(21-16-18-4-5-23-16)13-8-19-14-3-2-11(17)6-12(13)14/h2-9,15,19H,1H3,(H,18,21). The Bertz CT molecular complexity index is 941. The molecule has 0 saturated heterocycles. The highest BCUT2D eigenvalue weighted by Crippen LogP contribution is 2.32. The third-order valence-corrected chi connectivity index (χ3v) is 4.45. The molecule has 0 bridgehead atoms. The van der Waals surface area contributed by atoms with E-state index in [1.54, 1.807) is 23.0 Å². The zero-order valence-electron chi connectivity index (χ0n) is 12.3. The molecule has 0 aliphatic carbocycles. The maximum Gasteiger partial charge on any atom is 0.183 e. The van der Waals surface area contributed by atoms with E-state index in [-0.39, 0.29) is 11.9 Å². The summed E-state index contributed by atoms with van der Waals surface area (Å²) in [5.41, 5.74) is 2.85. The number of H-pyrrole nitrogens is 1. The molecule has 23 heavy (non-hydrogen) atoms. The summed E-state index contributed by atoms with van der Waals surface area (Å²) in [6.45, 7) is 0. The smallest absolute Gasteiger partial charge is 0.183 e. The molecule has 3 heterocycles. The molecule has 4 aromatic rings. The predicted molar refractivity (Wildman–Crippen MR) is 89.0 cm³/mol. The van der Waals surface area contributed by atoms with Crippen molar-refractivity contribution in [1.29, 1.82) is 0 Å². The van der Waals surface area contributed by atoms with Crippen LogP contribution in [0.25, 0.3) is 10.9 Å². The number of benzene rings is 1. The fraction of sp³-hybridized carbons (Fsp3) is 0.125. The summed E-state index contributed by atoms with van der Waals surface area (Å²) in [6.07, 6.45) is 7.41. The number of rotatable bonds is 4. The summed E-state index contributed by atoms with van der Waals surface area (Å²) in [7, 11) is 1.87. The second-order valence-corrected chi connectivity index (χ2v) is 6.19. The summed E-state index contributed by atoms with van der Waals surface area (Å²) in [5, 5.41) is 11.2. The van der Waals surface area contributed by atoms with Gasteiger partial charge in [-0.25, -0.2) is 9.37 Å². The van der Waals surface area contributed by atoms with Gasteiger partial charge in [-0.15, -0.1) is 11.3 Å². The van der Waals surface area contributed by atoms with Crippen molar-refractivity contribution in [2.45, 2.75) is 6.04 Å². The van der Waals surface area contributed by atoms with E-state index >= 15 is 0 Å². The number of halogens is 1. The van der Waals surface area contributed by atoms with Crippen molar-refractivity contribution >= 4 is 27.4 Å². The van der Waals surface area contributed by atoms with E-state index in [4.69, 9.17) is 0 Å². The minimum absolute atomic E-state index is 0.162. The van der Waals surface area contributed by atoms with Crippen molar-refractivity contribution in [2.24, 2.45) is 7.05 Å². The molecular formula is C16H14FN5S. The number of aryl methyl sites for hydroxylation is 1. The van der Waals surface area contributed by atoms with Crippen LogP contribution in [0.5, 0.6) is 0 Å². The van der Waals surface area contributed by atoms with Crippen LogP contribution >= 0.6 is 11.3 Å². The maximum atomic E-state index is 13.7. The Morgan fingerprint density at radius 1 is 1.39 bits per heavy atom. The van der Waals surface area contributed by atoms with Gasteiger partial charge in [-0.3, -0.25) is 4.68 Å². The van der Waals surface area contributed by atoms with Gasteiger partial charge in [0.05, 0.1) is 12.2 Å². The van der Waals surface area contributed by atoms with Gasteiger partial charge in [-0.1, -0.05) is 0 Å². The number of nitrogens with zero attached hydrogens (tertiary/aromatic N) is 3. The van der Waals surface area contributed by atoms with Gasteiger partial charge in [-0.2, -0.15) is 5.10 Å². The largest absolute Gasteiger partial charge is 0.361 e. The third kappa shape index (κ3) is 2.59. The number of thiazole rings is 1. The Morgan fingerprint density at radius 2 is 2.30 bits per heavy atom. The van der Waals surface area contributed by atoms with Gasteiger partial charge in [0, 0.05) is 53.0 Å². The number of hydrogen-bond acceptors (Lipinski definition) is 4. The highest BCUT2D eigenvalue weighted by molar-refractivity contribution is 7.13. The lowest BCUT2D eigenvalue weighted by Crippen LogP contribution is -2.11. The molecule has 1 atom stereocenters. The van der Waals surface area contributed by atoms with Crippen molar-refractivity contribution in [2.75, 3.05) is 5.32 Å². The summed E-state index contributed by atoms with van der Waals surface area (Å²) in [6, 6.07) is 4.59. The number of aromatic amines is 1. The molecule has 1 aromatic carbocycles. The molecule has 5 nitrogen and oxygen atoms in total. The number of hydrogen-bond donors (Lipinski definition) is 2. The lowest BCUT2D eigenvalue weighted by molar-refractivity contribution is 0.629. The Labute approximate surface area is 135 Å². The van der Waals surface area contributed by atoms with Crippen molar-refractivity contribution in [3.63, 3.8) is 0 Å². The zero-order valence-corrected chi connectivity index (χ0v) is 13.1. The first-order chi connectivity index (χ1) is 11.2. The van der Waals surface area contributed by atoms with Gasteiger partial charge in [0.1, 0.15) is 5.82 Å². The van der Waals surface area contributed by atoms with Gasteiger partial charge in [0.15, 0.2) is 5.13 Å². The number of fused-ring (bicyclic) bond motifs is 1. The first kappa shape index (κ1) is 14.0. The fourth-order valence-electron chi connectivity index (χ4n) is 2.70. The Balaban J connectivity index is 1.84. The van der Waals surface area contributed by atoms with Crippen molar-refractivity contribution < 1.29 is 4.39 Å². The van der Waals surface area contributed by atoms with Crippen LogP contribution in [0.4, 0.5) is 9.52 Å². The average Bonchev–Trinajstić information content (AvgIpc) is 3.25. The molecule has 7 heteroatoms. The fourth-order valence-corrected chi connectivity index (χ4v) is 3.26. The molecule has 116 valence electrons. The minimum atomic E-state index is -0.252. The van der Waals surface area contributed by atoms with E-state index in [1.807, 2.05) is 31.0 Å². The second kappa shape index (κ2) is 5.51. The number of anilines is 1. The average molecular weight is 327 g/mol. The van der Waals surface area contributed by atoms with Crippen molar-refractivity contribution in [3.05, 3.63) is 65.3 Å². The molecule has 0 spiro atoms. The Hall–Kier alpha value is -2.67. The quantitative estimate of drug-likeness (QED) is 0.601. The molecule has 4 rings (SSSR count). The Morgan fingerprint density at radius 3 is 3.04 bits per heavy atom. The summed E-state index contributed by atoms with van der Waals surface area (Å²) >= 11 is 1.52. The van der Waals surface area contributed by atoms with E-state index < -0.39 is 0 Å². The molecule has 0 aliphatic heterocycles. The number of aromatic nitrogens is 4. The van der Waals surface area contributed by atoms with E-state index in [0.717, 1.165) is 27.2 Å². The van der Waals surface area contributed by atoms with E-state index in [9.17, 15) is 4.39 Å². The highest BCUT2D eigenvalue weighted by atomic mass is 32.1. The first-order valence-electron chi connectivity index (χ1n) is 7.12. The molecule has 2 N–H and O–H groups in total. The summed E-state index contributed by atoms with van der Waals surface area (Å²) in [4.78, 5) is 7.49. The van der Waals surface area contributed by atoms with Gasteiger partial charge >= 0.3 is 0 Å². The molecule has 3 aromatic heterocycles. The third-order valence-electron chi connectivity index (χ3n) is 3.75. The molecular weight excluding hydrogens is 313 g/mol. The molecule has 0 fully saturated rings. The lowest BCUT2D eigenvalue weighted by atomic mass is 10.0. The molecule has 0 amide bonds. The van der Waals surface area contributed by atoms with Crippen molar-refractivity contribution in [1.82, 2.24) is 19.7 Å². The van der Waals surface area contributed by atoms with Gasteiger partial charge < -0.3 is 10.3 Å². The van der Waals surface area contributed by atoms with Crippen LogP contribution in [-0.4, -0.2) is 19.7 Å². The summed E-state index contributed by atoms with van der Waals surface area (Å²) in [5.74, 6) is -0.252. The molecule has 0 saturated carbocycles. The van der Waals surface area contributed by atoms with Gasteiger partial charge in [0.25, 0.3) is 0 Å². The normalized spacial score (nSPS) is 12.6. The van der Waals surface area contributed by atoms with Crippen LogP contribution in [0, 0.1) is 5.82 Å². The second-order valence-electron chi connectivity index (χ2n) is 5.30. The molecule has 0 aliphatic rings. The van der Waals surface area contributed by atoms with Crippen molar-refractivity contribution in [3.8, 4) is 0 Å².